The highest BCUT2D eigenvalue weighted by Crippen LogP contribution is 2.14. The Balaban J connectivity index is 2.54. The Bertz CT molecular complexity index is 152. The molecular formula is C10H22N2O. The number of rotatable bonds is 4. The second kappa shape index (κ2) is 4.94. The fourth-order valence-corrected chi connectivity index (χ4v) is 2.10. The number of hydrogen-bond donors (Lipinski definition) is 2. The van der Waals surface area contributed by atoms with Crippen molar-refractivity contribution >= 4 is 0 Å². The third-order valence-corrected chi connectivity index (χ3v) is 3.10. The van der Waals surface area contributed by atoms with Gasteiger partial charge in [-0.1, -0.05) is 13.8 Å². The van der Waals surface area contributed by atoms with Gasteiger partial charge in [0.2, 0.25) is 0 Å². The van der Waals surface area contributed by atoms with Gasteiger partial charge in [-0.3, -0.25) is 4.90 Å². The molecular weight excluding hydrogens is 164 g/mol. The van der Waals surface area contributed by atoms with E-state index < -0.39 is 0 Å². The van der Waals surface area contributed by atoms with Crippen molar-refractivity contribution in [1.82, 2.24) is 10.2 Å². The van der Waals surface area contributed by atoms with Crippen LogP contribution >= 0.6 is 0 Å². The summed E-state index contributed by atoms with van der Waals surface area (Å²) in [5, 5.41) is 13.0. The second-order valence-electron chi connectivity index (χ2n) is 3.88. The monoisotopic (exact) mass is 186 g/mol. The molecule has 78 valence electrons. The minimum atomic E-state index is -0.186. The van der Waals surface area contributed by atoms with Gasteiger partial charge in [-0.2, -0.15) is 0 Å². The van der Waals surface area contributed by atoms with Crippen LogP contribution in [0.3, 0.4) is 0 Å². The lowest BCUT2D eigenvalue weighted by atomic mass is 10.1. The highest BCUT2D eigenvalue weighted by atomic mass is 16.3. The Kier molecular flexibility index (Phi) is 4.16. The predicted molar refractivity (Wildman–Crippen MR) is 54.8 cm³/mol. The van der Waals surface area contributed by atoms with Gasteiger partial charge in [0.1, 0.15) is 0 Å². The molecule has 13 heavy (non-hydrogen) atoms. The summed E-state index contributed by atoms with van der Waals surface area (Å²) in [5.74, 6) is 0. The third-order valence-electron chi connectivity index (χ3n) is 3.10. The van der Waals surface area contributed by atoms with E-state index in [2.05, 4.69) is 31.0 Å². The van der Waals surface area contributed by atoms with E-state index in [1.54, 1.807) is 0 Å². The highest BCUT2D eigenvalue weighted by molar-refractivity contribution is 4.89. The summed E-state index contributed by atoms with van der Waals surface area (Å²) >= 11 is 0. The summed E-state index contributed by atoms with van der Waals surface area (Å²) in [6.07, 6.45) is 0.964. The van der Waals surface area contributed by atoms with Crippen molar-refractivity contribution < 1.29 is 5.11 Å². The van der Waals surface area contributed by atoms with Gasteiger partial charge < -0.3 is 10.4 Å². The summed E-state index contributed by atoms with van der Waals surface area (Å²) in [4.78, 5) is 2.39. The van der Waals surface area contributed by atoms with Crippen LogP contribution in [-0.2, 0) is 0 Å². The van der Waals surface area contributed by atoms with Crippen molar-refractivity contribution in [2.45, 2.75) is 45.4 Å². The van der Waals surface area contributed by atoms with E-state index in [-0.39, 0.29) is 6.10 Å². The summed E-state index contributed by atoms with van der Waals surface area (Å²) in [6, 6.07) is 0.893. The molecule has 0 aliphatic carbocycles. The van der Waals surface area contributed by atoms with E-state index in [9.17, 15) is 5.11 Å². The van der Waals surface area contributed by atoms with Gasteiger partial charge in [0.15, 0.2) is 0 Å². The van der Waals surface area contributed by atoms with Crippen LogP contribution in [0.4, 0.5) is 0 Å². The van der Waals surface area contributed by atoms with Crippen molar-refractivity contribution in [2.24, 2.45) is 0 Å². The molecule has 3 heteroatoms. The van der Waals surface area contributed by atoms with Crippen LogP contribution in [0, 0.1) is 0 Å². The summed E-state index contributed by atoms with van der Waals surface area (Å²) in [5.41, 5.74) is 0. The van der Waals surface area contributed by atoms with E-state index in [4.69, 9.17) is 0 Å². The standard InChI is InChI=1S/C10H22N2O/c1-4-8(3)12(5-2)9-6-11-7-10(9)13/h8-11,13H,4-7H2,1-3H3. The first-order valence-electron chi connectivity index (χ1n) is 5.35. The largest absolute Gasteiger partial charge is 0.390 e. The van der Waals surface area contributed by atoms with Crippen LogP contribution in [0.1, 0.15) is 27.2 Å². The normalized spacial score (nSPS) is 31.2. The number of hydrogen-bond acceptors (Lipinski definition) is 3. The quantitative estimate of drug-likeness (QED) is 0.669. The lowest BCUT2D eigenvalue weighted by Crippen LogP contribution is -2.47. The zero-order valence-corrected chi connectivity index (χ0v) is 8.95. The molecule has 1 aliphatic heterocycles. The van der Waals surface area contributed by atoms with Crippen LogP contribution in [0.2, 0.25) is 0 Å². The fourth-order valence-electron chi connectivity index (χ4n) is 2.10. The van der Waals surface area contributed by atoms with Crippen molar-refractivity contribution in [3.05, 3.63) is 0 Å². The molecule has 0 amide bonds. The average molecular weight is 186 g/mol. The van der Waals surface area contributed by atoms with Crippen LogP contribution in [0.25, 0.3) is 0 Å². The lowest BCUT2D eigenvalue weighted by molar-refractivity contribution is 0.0612. The fraction of sp³-hybridized carbons (Fsp3) is 1.00. The molecule has 0 aromatic rings. The molecule has 3 atom stereocenters. The predicted octanol–water partition coefficient (Wildman–Crippen LogP) is 0.439. The Morgan fingerprint density at radius 1 is 1.46 bits per heavy atom. The molecule has 0 bridgehead atoms. The molecule has 1 aliphatic rings. The summed E-state index contributed by atoms with van der Waals surface area (Å²) in [6.45, 7) is 9.29. The van der Waals surface area contributed by atoms with E-state index >= 15 is 0 Å². The van der Waals surface area contributed by atoms with Gasteiger partial charge in [-0.25, -0.2) is 0 Å². The van der Waals surface area contributed by atoms with Crippen molar-refractivity contribution in [3.63, 3.8) is 0 Å². The lowest BCUT2D eigenvalue weighted by Gasteiger charge is -2.34. The molecule has 0 spiro atoms. The smallest absolute Gasteiger partial charge is 0.0831 e. The molecule has 1 saturated heterocycles. The summed E-state index contributed by atoms with van der Waals surface area (Å²) in [7, 11) is 0. The minimum Gasteiger partial charge on any atom is -0.390 e. The minimum absolute atomic E-state index is 0.186. The zero-order chi connectivity index (χ0) is 9.84. The van der Waals surface area contributed by atoms with Gasteiger partial charge in [0.25, 0.3) is 0 Å². The number of aliphatic hydroxyl groups is 1. The summed E-state index contributed by atoms with van der Waals surface area (Å²) < 4.78 is 0. The Morgan fingerprint density at radius 3 is 2.54 bits per heavy atom. The van der Waals surface area contributed by atoms with Crippen molar-refractivity contribution in [3.8, 4) is 0 Å². The maximum Gasteiger partial charge on any atom is 0.0831 e. The van der Waals surface area contributed by atoms with Gasteiger partial charge in [0, 0.05) is 25.2 Å². The molecule has 1 rings (SSSR count). The highest BCUT2D eigenvalue weighted by Gasteiger charge is 2.31. The van der Waals surface area contributed by atoms with Gasteiger partial charge in [-0.05, 0) is 19.9 Å². The topological polar surface area (TPSA) is 35.5 Å². The van der Waals surface area contributed by atoms with Crippen LogP contribution in [-0.4, -0.2) is 47.8 Å². The second-order valence-corrected chi connectivity index (χ2v) is 3.88. The van der Waals surface area contributed by atoms with Gasteiger partial charge >= 0.3 is 0 Å². The van der Waals surface area contributed by atoms with E-state index in [0.29, 0.717) is 12.1 Å². The van der Waals surface area contributed by atoms with E-state index in [0.717, 1.165) is 26.1 Å². The van der Waals surface area contributed by atoms with E-state index in [1.165, 1.54) is 0 Å². The maximum atomic E-state index is 9.73. The van der Waals surface area contributed by atoms with Crippen LogP contribution < -0.4 is 5.32 Å². The first-order valence-corrected chi connectivity index (χ1v) is 5.35. The average Bonchev–Trinajstić information content (AvgIpc) is 2.53. The van der Waals surface area contributed by atoms with Gasteiger partial charge in [0.05, 0.1) is 6.10 Å². The molecule has 3 nitrogen and oxygen atoms in total. The van der Waals surface area contributed by atoms with Crippen molar-refractivity contribution in [1.29, 1.82) is 0 Å². The Labute approximate surface area is 81.1 Å². The third kappa shape index (κ3) is 2.42. The molecule has 1 fully saturated rings. The first kappa shape index (κ1) is 11.0. The molecule has 0 radical (unpaired) electrons. The molecule has 0 saturated carbocycles. The SMILES string of the molecule is CCC(C)N(CC)C1CNCC1O. The van der Waals surface area contributed by atoms with Crippen LogP contribution in [0.5, 0.6) is 0 Å². The van der Waals surface area contributed by atoms with E-state index in [1.807, 2.05) is 0 Å². The zero-order valence-electron chi connectivity index (χ0n) is 8.95. The Morgan fingerprint density at radius 2 is 2.15 bits per heavy atom. The number of nitrogens with one attached hydrogen (secondary N) is 1. The number of aliphatic hydroxyl groups excluding tert-OH is 1. The number of nitrogens with zero attached hydrogens (tertiary/aromatic N) is 1. The molecule has 3 unspecified atom stereocenters. The maximum absolute atomic E-state index is 9.73. The van der Waals surface area contributed by atoms with Gasteiger partial charge in [-0.15, -0.1) is 0 Å². The molecule has 0 aromatic carbocycles. The molecule has 1 heterocycles. The molecule has 2 N–H and O–H groups in total. The van der Waals surface area contributed by atoms with Crippen molar-refractivity contribution in [2.75, 3.05) is 19.6 Å². The number of β-amino-alcohol motifs (C(OH)–C–C–N with tert-alkyl or cyclic N) is 1. The Hall–Kier alpha value is -0.120. The van der Waals surface area contributed by atoms with Crippen LogP contribution in [0.15, 0.2) is 0 Å². The molecule has 0 aromatic heterocycles. The first-order chi connectivity index (χ1) is 6.20. The number of likely N-dealkylation sites (N-methyl/N-ethyl adjacent to an activating group) is 1.